The summed E-state index contributed by atoms with van der Waals surface area (Å²) < 4.78 is 10.8. The smallest absolute Gasteiger partial charge is 0.408 e. The van der Waals surface area contributed by atoms with Crippen LogP contribution in [0, 0.1) is 11.3 Å². The molecule has 0 fully saturated rings. The first kappa shape index (κ1) is 36.8. The van der Waals surface area contributed by atoms with Crippen molar-refractivity contribution >= 4 is 23.9 Å². The number of hydrogen-bond donors (Lipinski definition) is 3. The van der Waals surface area contributed by atoms with Gasteiger partial charge in [-0.2, -0.15) is 0 Å². The van der Waals surface area contributed by atoms with Gasteiger partial charge in [-0.1, -0.05) is 93.6 Å². The molecule has 2 rings (SSSR count). The third kappa shape index (κ3) is 13.4. The van der Waals surface area contributed by atoms with Crippen LogP contribution in [0.15, 0.2) is 86.0 Å². The monoisotopic (exact) mass is 621 g/mol. The fourth-order valence-electron chi connectivity index (χ4n) is 4.39. The van der Waals surface area contributed by atoms with E-state index < -0.39 is 35.5 Å². The van der Waals surface area contributed by atoms with Gasteiger partial charge in [0, 0.05) is 19.5 Å². The van der Waals surface area contributed by atoms with Crippen LogP contribution < -0.4 is 10.6 Å². The van der Waals surface area contributed by atoms with Crippen LogP contribution in [0.3, 0.4) is 0 Å². The van der Waals surface area contributed by atoms with Crippen molar-refractivity contribution in [2.75, 3.05) is 19.8 Å². The van der Waals surface area contributed by atoms with Crippen LogP contribution in [0.25, 0.3) is 0 Å². The Morgan fingerprint density at radius 3 is 2.04 bits per heavy atom. The summed E-state index contributed by atoms with van der Waals surface area (Å²) in [5.41, 5.74) is 1.19. The maximum absolute atomic E-state index is 13.5. The first-order valence-electron chi connectivity index (χ1n) is 15.1. The van der Waals surface area contributed by atoms with Crippen LogP contribution >= 0.6 is 0 Å². The average molecular weight is 622 g/mol. The lowest BCUT2D eigenvalue weighted by molar-refractivity contribution is -0.148. The number of hydrogen-bond acceptors (Lipinski definition) is 7. The lowest BCUT2D eigenvalue weighted by Crippen LogP contribution is -2.50. The summed E-state index contributed by atoms with van der Waals surface area (Å²) in [6.07, 6.45) is 2.58. The van der Waals surface area contributed by atoms with Crippen molar-refractivity contribution in [3.8, 4) is 0 Å². The van der Waals surface area contributed by atoms with Crippen LogP contribution in [-0.2, 0) is 37.0 Å². The van der Waals surface area contributed by atoms with Crippen LogP contribution in [0.5, 0.6) is 0 Å². The zero-order chi connectivity index (χ0) is 33.2. The number of nitrogens with zero attached hydrogens (tertiary/aromatic N) is 1. The summed E-state index contributed by atoms with van der Waals surface area (Å²) >= 11 is 0. The normalized spacial score (nSPS) is 13.0. The molecular weight excluding hydrogens is 574 g/mol. The Balaban J connectivity index is 2.03. The van der Waals surface area contributed by atoms with E-state index in [9.17, 15) is 24.3 Å². The quantitative estimate of drug-likeness (QED) is 0.164. The second kappa shape index (κ2) is 19.1. The zero-order valence-electron chi connectivity index (χ0n) is 26.6. The van der Waals surface area contributed by atoms with Crippen molar-refractivity contribution in [2.45, 2.75) is 65.3 Å². The molecule has 45 heavy (non-hydrogen) atoms. The lowest BCUT2D eigenvalue weighted by Gasteiger charge is -2.33. The van der Waals surface area contributed by atoms with Crippen LogP contribution in [0.4, 0.5) is 4.79 Å². The Labute approximate surface area is 266 Å². The molecule has 2 aromatic rings. The van der Waals surface area contributed by atoms with Crippen LogP contribution in [0.1, 0.15) is 51.2 Å². The summed E-state index contributed by atoms with van der Waals surface area (Å²) in [6.45, 7) is 13.2. The Bertz CT molecular complexity index is 1240. The molecule has 3 N–H and O–H groups in total. The second-order valence-corrected chi connectivity index (χ2v) is 11.8. The minimum Gasteiger partial charge on any atom is -0.462 e. The first-order chi connectivity index (χ1) is 21.5. The number of ether oxygens (including phenoxy) is 2. The first-order valence-corrected chi connectivity index (χ1v) is 15.1. The molecule has 2 aromatic carbocycles. The van der Waals surface area contributed by atoms with Crippen molar-refractivity contribution in [1.29, 1.82) is 0 Å². The number of carbonyl (C=O) groups is 4. The largest absolute Gasteiger partial charge is 0.462 e. The van der Waals surface area contributed by atoms with Crippen LogP contribution in [-0.4, -0.2) is 65.7 Å². The van der Waals surface area contributed by atoms with Gasteiger partial charge in [0.25, 0.3) is 0 Å². The standard InChI is InChI=1S/C35H47N3O7/c1-6-14-28(22-31(40)38(20-21-39)23-26-16-10-8-11-17-26)32(41)37-30(35(3,4)5)25-44-33(42)29(15-7-2)36-34(43)45-24-27-18-12-9-13-19-27/h6-13,16-19,28-30,39H,1-2,14-15,20-25H2,3-5H3,(H,36,43)(H,37,41)/t28-,29-,30-/m1/s1. The predicted molar refractivity (Wildman–Crippen MR) is 173 cm³/mol. The van der Waals surface area contributed by atoms with Gasteiger partial charge in [-0.3, -0.25) is 9.59 Å². The molecule has 0 unspecified atom stereocenters. The van der Waals surface area contributed by atoms with E-state index in [1.807, 2.05) is 81.4 Å². The summed E-state index contributed by atoms with van der Waals surface area (Å²) in [6, 6.07) is 16.9. The van der Waals surface area contributed by atoms with Gasteiger partial charge in [-0.25, -0.2) is 9.59 Å². The highest BCUT2D eigenvalue weighted by Gasteiger charge is 2.32. The number of allylic oxidation sites excluding steroid dienone is 1. The molecule has 10 heteroatoms. The number of aliphatic hydroxyl groups is 1. The van der Waals surface area contributed by atoms with Crippen molar-refractivity contribution in [1.82, 2.24) is 15.5 Å². The van der Waals surface area contributed by atoms with Gasteiger partial charge in [-0.05, 0) is 29.4 Å². The Hall–Kier alpha value is -4.44. The van der Waals surface area contributed by atoms with E-state index >= 15 is 0 Å². The number of carbonyl (C=O) groups excluding carboxylic acids is 4. The van der Waals surface area contributed by atoms with Gasteiger partial charge in [0.15, 0.2) is 0 Å². The van der Waals surface area contributed by atoms with Crippen molar-refractivity contribution < 1.29 is 33.8 Å². The molecule has 0 aliphatic rings. The molecule has 0 heterocycles. The van der Waals surface area contributed by atoms with Gasteiger partial charge in [0.05, 0.1) is 18.6 Å². The SMILES string of the molecule is C=CC[C@H](CC(=O)N(CCO)Cc1ccccc1)C(=O)N[C@H](COC(=O)[C@@H](CC=C)NC(=O)OCc1ccccc1)C(C)(C)C. The molecule has 0 spiro atoms. The molecule has 0 bridgehead atoms. The maximum atomic E-state index is 13.5. The molecule has 0 aromatic heterocycles. The third-order valence-electron chi connectivity index (χ3n) is 7.13. The average Bonchev–Trinajstić information content (AvgIpc) is 3.01. The van der Waals surface area contributed by atoms with Gasteiger partial charge >= 0.3 is 12.1 Å². The number of benzene rings is 2. The van der Waals surface area contributed by atoms with E-state index in [2.05, 4.69) is 23.8 Å². The summed E-state index contributed by atoms with van der Waals surface area (Å²) in [5.74, 6) is -2.07. The van der Waals surface area contributed by atoms with Crippen molar-refractivity contribution in [3.63, 3.8) is 0 Å². The van der Waals surface area contributed by atoms with E-state index in [1.54, 1.807) is 6.08 Å². The lowest BCUT2D eigenvalue weighted by atomic mass is 9.86. The Morgan fingerprint density at radius 1 is 0.889 bits per heavy atom. The number of nitrogens with one attached hydrogen (secondary N) is 2. The molecule has 0 radical (unpaired) electrons. The Morgan fingerprint density at radius 2 is 1.49 bits per heavy atom. The zero-order valence-corrected chi connectivity index (χ0v) is 26.6. The molecule has 0 saturated heterocycles. The summed E-state index contributed by atoms with van der Waals surface area (Å²) in [5, 5.41) is 15.0. The predicted octanol–water partition coefficient (Wildman–Crippen LogP) is 4.54. The van der Waals surface area contributed by atoms with Gasteiger partial charge in [0.2, 0.25) is 11.8 Å². The molecule has 0 aliphatic heterocycles. The highest BCUT2D eigenvalue weighted by molar-refractivity contribution is 5.86. The highest BCUT2D eigenvalue weighted by atomic mass is 16.6. The topological polar surface area (TPSA) is 134 Å². The van der Waals surface area contributed by atoms with Crippen molar-refractivity contribution in [2.24, 2.45) is 11.3 Å². The van der Waals surface area contributed by atoms with Gasteiger partial charge in [0.1, 0.15) is 19.3 Å². The molecule has 0 aliphatic carbocycles. The van der Waals surface area contributed by atoms with E-state index in [-0.39, 0.29) is 57.4 Å². The Kier molecular flexibility index (Phi) is 15.6. The minimum absolute atomic E-state index is 0.0407. The van der Waals surface area contributed by atoms with E-state index in [0.717, 1.165) is 11.1 Å². The fourth-order valence-corrected chi connectivity index (χ4v) is 4.39. The molecule has 0 saturated carbocycles. The van der Waals surface area contributed by atoms with E-state index in [1.165, 1.54) is 11.0 Å². The minimum atomic E-state index is -1.03. The number of amides is 3. The maximum Gasteiger partial charge on any atom is 0.408 e. The highest BCUT2D eigenvalue weighted by Crippen LogP contribution is 2.22. The summed E-state index contributed by atoms with van der Waals surface area (Å²) in [4.78, 5) is 53.6. The van der Waals surface area contributed by atoms with Crippen LogP contribution in [0.2, 0.25) is 0 Å². The number of rotatable bonds is 18. The van der Waals surface area contributed by atoms with E-state index in [0.29, 0.717) is 6.54 Å². The fraction of sp³-hybridized carbons (Fsp3) is 0.429. The summed E-state index contributed by atoms with van der Waals surface area (Å²) in [7, 11) is 0. The molecule has 10 nitrogen and oxygen atoms in total. The molecule has 3 amide bonds. The third-order valence-corrected chi connectivity index (χ3v) is 7.13. The van der Waals surface area contributed by atoms with Gasteiger partial charge < -0.3 is 30.1 Å². The molecular formula is C35H47N3O7. The number of aliphatic hydroxyl groups excluding tert-OH is 1. The molecule has 3 atom stereocenters. The second-order valence-electron chi connectivity index (χ2n) is 11.8. The number of esters is 1. The van der Waals surface area contributed by atoms with Gasteiger partial charge in [-0.15, -0.1) is 13.2 Å². The van der Waals surface area contributed by atoms with Crippen molar-refractivity contribution in [3.05, 3.63) is 97.1 Å². The van der Waals surface area contributed by atoms with E-state index in [4.69, 9.17) is 9.47 Å². The number of alkyl carbamates (subject to hydrolysis) is 1. The molecule has 244 valence electrons.